The lowest BCUT2D eigenvalue weighted by Crippen LogP contribution is -2.25. The number of alkyl halides is 3. The first-order valence-corrected chi connectivity index (χ1v) is 4.60. The van der Waals surface area contributed by atoms with Crippen molar-refractivity contribution in [2.24, 2.45) is 5.73 Å². The van der Waals surface area contributed by atoms with Gasteiger partial charge in [-0.1, -0.05) is 6.92 Å². The molecule has 0 saturated heterocycles. The number of hydrogen-bond acceptors (Lipinski definition) is 2. The van der Waals surface area contributed by atoms with Crippen LogP contribution in [0.5, 0.6) is 0 Å². The zero-order chi connectivity index (χ0) is 11.6. The van der Waals surface area contributed by atoms with Crippen LogP contribution in [0.1, 0.15) is 30.9 Å². The highest BCUT2D eigenvalue weighted by Gasteiger charge is 2.34. The van der Waals surface area contributed by atoms with E-state index in [1.807, 2.05) is 0 Å². The molecule has 15 heavy (non-hydrogen) atoms. The summed E-state index contributed by atoms with van der Waals surface area (Å²) in [6, 6.07) is 0.643. The Morgan fingerprint density at radius 3 is 2.40 bits per heavy atom. The quantitative estimate of drug-likeness (QED) is 0.828. The number of aromatic nitrogens is 1. The van der Waals surface area contributed by atoms with Gasteiger partial charge in [0.2, 0.25) is 0 Å². The highest BCUT2D eigenvalue weighted by molar-refractivity contribution is 5.30. The van der Waals surface area contributed by atoms with Crippen LogP contribution in [0.2, 0.25) is 0 Å². The van der Waals surface area contributed by atoms with Crippen molar-refractivity contribution in [1.82, 2.24) is 4.98 Å². The molecule has 0 aliphatic carbocycles. The van der Waals surface area contributed by atoms with Gasteiger partial charge in [-0.25, -0.2) is 0 Å². The summed E-state index contributed by atoms with van der Waals surface area (Å²) in [5.41, 5.74) is 5.09. The number of pyridine rings is 1. The van der Waals surface area contributed by atoms with Gasteiger partial charge in [0, 0.05) is 18.4 Å². The van der Waals surface area contributed by atoms with Crippen molar-refractivity contribution in [2.45, 2.75) is 32.0 Å². The maximum Gasteiger partial charge on any atom is 0.416 e. The van der Waals surface area contributed by atoms with Crippen molar-refractivity contribution >= 4 is 0 Å². The zero-order valence-corrected chi connectivity index (χ0v) is 8.55. The lowest BCUT2D eigenvalue weighted by molar-refractivity contribution is -0.138. The van der Waals surface area contributed by atoms with Gasteiger partial charge < -0.3 is 5.73 Å². The average Bonchev–Trinajstić information content (AvgIpc) is 2.15. The molecule has 0 radical (unpaired) electrons. The van der Waals surface area contributed by atoms with Crippen molar-refractivity contribution < 1.29 is 13.2 Å². The van der Waals surface area contributed by atoms with E-state index in [2.05, 4.69) is 4.98 Å². The number of hydrogen-bond donors (Lipinski definition) is 1. The molecular formula is C10H13F3N2. The molecule has 1 rings (SSSR count). The summed E-state index contributed by atoms with van der Waals surface area (Å²) in [6.07, 6.45) is -1.97. The lowest BCUT2D eigenvalue weighted by atomic mass is 9.92. The summed E-state index contributed by atoms with van der Waals surface area (Å²) >= 11 is 0. The molecule has 1 heterocycles. The maximum atomic E-state index is 12.6. The first kappa shape index (κ1) is 12.0. The van der Waals surface area contributed by atoms with E-state index in [1.165, 1.54) is 6.20 Å². The lowest BCUT2D eigenvalue weighted by Gasteiger charge is -2.20. The minimum absolute atomic E-state index is 0.153. The number of nitrogens with zero attached hydrogens (tertiary/aromatic N) is 1. The molecule has 0 amide bonds. The first-order chi connectivity index (χ1) is 6.84. The van der Waals surface area contributed by atoms with Gasteiger partial charge in [0.1, 0.15) is 0 Å². The van der Waals surface area contributed by atoms with Crippen molar-refractivity contribution in [3.05, 3.63) is 29.6 Å². The van der Waals surface area contributed by atoms with E-state index in [4.69, 9.17) is 5.73 Å². The smallest absolute Gasteiger partial charge is 0.327 e. The predicted molar refractivity (Wildman–Crippen MR) is 51.3 cm³/mol. The normalized spacial score (nSPS) is 16.1. The van der Waals surface area contributed by atoms with Crippen LogP contribution in [0.3, 0.4) is 0 Å². The Morgan fingerprint density at radius 1 is 1.33 bits per heavy atom. The van der Waals surface area contributed by atoms with Crippen molar-refractivity contribution in [1.29, 1.82) is 0 Å². The van der Waals surface area contributed by atoms with Crippen LogP contribution in [0, 0.1) is 0 Å². The molecule has 0 aromatic carbocycles. The van der Waals surface area contributed by atoms with E-state index in [-0.39, 0.29) is 17.5 Å². The molecule has 1 aromatic heterocycles. The molecule has 1 aromatic rings. The van der Waals surface area contributed by atoms with E-state index in [0.29, 0.717) is 0 Å². The molecule has 0 aliphatic heterocycles. The van der Waals surface area contributed by atoms with E-state index in [9.17, 15) is 13.2 Å². The monoisotopic (exact) mass is 218 g/mol. The summed E-state index contributed by atoms with van der Waals surface area (Å²) in [4.78, 5) is 3.71. The van der Waals surface area contributed by atoms with Gasteiger partial charge in [-0.05, 0) is 24.5 Å². The molecule has 2 N–H and O–H groups in total. The fraction of sp³-hybridized carbons (Fsp3) is 0.500. The van der Waals surface area contributed by atoms with E-state index < -0.39 is 11.7 Å². The molecule has 0 fully saturated rings. The summed E-state index contributed by atoms with van der Waals surface area (Å²) < 4.78 is 37.8. The Balaban J connectivity index is 3.18. The van der Waals surface area contributed by atoms with Crippen LogP contribution in [-0.4, -0.2) is 11.0 Å². The maximum absolute atomic E-state index is 12.6. The summed E-state index contributed by atoms with van der Waals surface area (Å²) in [5.74, 6) is -0.365. The first-order valence-electron chi connectivity index (χ1n) is 4.60. The predicted octanol–water partition coefficient (Wildman–Crippen LogP) is 2.55. The SMILES string of the molecule is CC(N)C(C)c1cnccc1C(F)(F)F. The minimum atomic E-state index is -4.35. The topological polar surface area (TPSA) is 38.9 Å². The second-order valence-corrected chi connectivity index (χ2v) is 3.61. The van der Waals surface area contributed by atoms with Crippen LogP contribution < -0.4 is 5.73 Å². The van der Waals surface area contributed by atoms with Crippen LogP contribution in [0.4, 0.5) is 13.2 Å². The van der Waals surface area contributed by atoms with Crippen molar-refractivity contribution in [3.8, 4) is 0 Å². The van der Waals surface area contributed by atoms with Gasteiger partial charge in [0.15, 0.2) is 0 Å². The van der Waals surface area contributed by atoms with E-state index >= 15 is 0 Å². The molecule has 2 atom stereocenters. The largest absolute Gasteiger partial charge is 0.416 e. The van der Waals surface area contributed by atoms with Gasteiger partial charge in [0.25, 0.3) is 0 Å². The number of nitrogens with two attached hydrogens (primary N) is 1. The van der Waals surface area contributed by atoms with E-state index in [0.717, 1.165) is 12.3 Å². The molecule has 5 heteroatoms. The van der Waals surface area contributed by atoms with Gasteiger partial charge in [0.05, 0.1) is 5.56 Å². The second-order valence-electron chi connectivity index (χ2n) is 3.61. The minimum Gasteiger partial charge on any atom is -0.327 e. The molecule has 2 nitrogen and oxygen atoms in total. The fourth-order valence-electron chi connectivity index (χ4n) is 1.31. The molecule has 84 valence electrons. The summed E-state index contributed by atoms with van der Waals surface area (Å²) in [5, 5.41) is 0. The third kappa shape index (κ3) is 2.68. The standard InChI is InChI=1S/C10H13F3N2/c1-6(7(2)14)8-5-15-4-3-9(8)10(11,12)13/h3-7H,14H2,1-2H3. The Bertz CT molecular complexity index is 334. The second kappa shape index (κ2) is 4.18. The highest BCUT2D eigenvalue weighted by atomic mass is 19.4. The number of halogens is 3. The van der Waals surface area contributed by atoms with Crippen LogP contribution in [-0.2, 0) is 6.18 Å². The van der Waals surface area contributed by atoms with Gasteiger partial charge >= 0.3 is 6.18 Å². The third-order valence-electron chi connectivity index (χ3n) is 2.44. The van der Waals surface area contributed by atoms with Crippen LogP contribution in [0.25, 0.3) is 0 Å². The zero-order valence-electron chi connectivity index (χ0n) is 8.55. The van der Waals surface area contributed by atoms with Gasteiger partial charge in [-0.3, -0.25) is 4.98 Å². The van der Waals surface area contributed by atoms with Crippen molar-refractivity contribution in [3.63, 3.8) is 0 Å². The Kier molecular flexibility index (Phi) is 3.34. The highest BCUT2D eigenvalue weighted by Crippen LogP contribution is 2.35. The molecule has 0 aliphatic rings. The molecule has 0 spiro atoms. The Morgan fingerprint density at radius 2 is 1.93 bits per heavy atom. The van der Waals surface area contributed by atoms with E-state index in [1.54, 1.807) is 13.8 Å². The number of rotatable bonds is 2. The molecular weight excluding hydrogens is 205 g/mol. The molecule has 0 bridgehead atoms. The summed E-state index contributed by atoms with van der Waals surface area (Å²) in [6.45, 7) is 3.34. The average molecular weight is 218 g/mol. The molecule has 0 saturated carbocycles. The fourth-order valence-corrected chi connectivity index (χ4v) is 1.31. The van der Waals surface area contributed by atoms with Crippen LogP contribution >= 0.6 is 0 Å². The van der Waals surface area contributed by atoms with Crippen molar-refractivity contribution in [2.75, 3.05) is 0 Å². The third-order valence-corrected chi connectivity index (χ3v) is 2.44. The van der Waals surface area contributed by atoms with Gasteiger partial charge in [-0.15, -0.1) is 0 Å². The molecule has 2 unspecified atom stereocenters. The Hall–Kier alpha value is -1.10. The summed E-state index contributed by atoms with van der Waals surface area (Å²) in [7, 11) is 0. The Labute approximate surface area is 86.3 Å². The van der Waals surface area contributed by atoms with Gasteiger partial charge in [-0.2, -0.15) is 13.2 Å². The van der Waals surface area contributed by atoms with Crippen LogP contribution in [0.15, 0.2) is 18.5 Å².